The van der Waals surface area contributed by atoms with Gasteiger partial charge in [0.1, 0.15) is 12.8 Å². The standard InChI is InChI=1S/C21H24NO3.CHF3O3S/c1-17(2)16-24-15-12-21(23)25-20-8-6-18(7-9-20)4-5-19-10-13-22(3)14-11-19;2-1(3,4)8(5,6)7/h4-11,13-14H,1,12,15-16H2,2-3H3;(H,5,6,7)/q+1;/p-1/b5-4+;. The minimum atomic E-state index is -6.09. The van der Waals surface area contributed by atoms with E-state index in [9.17, 15) is 18.0 Å². The van der Waals surface area contributed by atoms with Crippen molar-refractivity contribution in [2.75, 3.05) is 13.2 Å². The van der Waals surface area contributed by atoms with Gasteiger partial charge in [0.25, 0.3) is 0 Å². The highest BCUT2D eigenvalue weighted by Gasteiger charge is 2.36. The molecule has 0 atom stereocenters. The molecule has 0 fully saturated rings. The highest BCUT2D eigenvalue weighted by Crippen LogP contribution is 2.20. The second-order valence-electron chi connectivity index (χ2n) is 6.83. The fourth-order valence-corrected chi connectivity index (χ4v) is 2.05. The molecule has 33 heavy (non-hydrogen) atoms. The number of carbonyl (C=O) groups excluding carboxylic acids is 1. The van der Waals surface area contributed by atoms with E-state index in [-0.39, 0.29) is 12.4 Å². The number of halogens is 3. The number of carbonyl (C=O) groups is 1. The smallest absolute Gasteiger partial charge is 0.485 e. The van der Waals surface area contributed by atoms with E-state index in [1.807, 2.05) is 67.3 Å². The van der Waals surface area contributed by atoms with E-state index in [0.29, 0.717) is 19.0 Å². The summed E-state index contributed by atoms with van der Waals surface area (Å²) in [5, 5.41) is 0. The summed E-state index contributed by atoms with van der Waals surface area (Å²) in [6, 6.07) is 11.5. The molecule has 0 N–H and O–H groups in total. The number of nitrogens with zero attached hydrogens (tertiary/aromatic N) is 1. The SMILES string of the molecule is C=C(C)COCCC(=O)Oc1ccc(/C=C/c2cc[n+](C)cc2)cc1.O=S(=O)([O-])C(F)(F)F. The van der Waals surface area contributed by atoms with E-state index in [0.717, 1.165) is 16.7 Å². The third-order valence-corrected chi connectivity index (χ3v) is 4.23. The highest BCUT2D eigenvalue weighted by atomic mass is 32.2. The Labute approximate surface area is 190 Å². The minimum Gasteiger partial charge on any atom is -0.741 e. The first kappa shape index (κ1) is 28.0. The zero-order valence-electron chi connectivity index (χ0n) is 18.0. The molecule has 0 saturated carbocycles. The van der Waals surface area contributed by atoms with Gasteiger partial charge in [-0.05, 0) is 30.2 Å². The van der Waals surface area contributed by atoms with Crippen molar-refractivity contribution in [3.8, 4) is 5.75 Å². The number of alkyl halides is 3. The van der Waals surface area contributed by atoms with E-state index < -0.39 is 15.6 Å². The Morgan fingerprint density at radius 3 is 2.03 bits per heavy atom. The van der Waals surface area contributed by atoms with Crippen LogP contribution in [0, 0.1) is 0 Å². The summed E-state index contributed by atoms with van der Waals surface area (Å²) in [5.41, 5.74) is -2.55. The molecule has 1 aromatic carbocycles. The zero-order valence-corrected chi connectivity index (χ0v) is 18.9. The Kier molecular flexibility index (Phi) is 10.9. The van der Waals surface area contributed by atoms with Crippen LogP contribution < -0.4 is 9.30 Å². The highest BCUT2D eigenvalue weighted by molar-refractivity contribution is 7.86. The molecule has 0 unspecified atom stereocenters. The molecule has 2 rings (SSSR count). The summed E-state index contributed by atoms with van der Waals surface area (Å²) in [7, 11) is -4.10. The lowest BCUT2D eigenvalue weighted by molar-refractivity contribution is -0.671. The number of pyridine rings is 1. The maximum atomic E-state index is 11.7. The molecule has 0 spiro atoms. The van der Waals surface area contributed by atoms with E-state index >= 15 is 0 Å². The first-order valence-electron chi connectivity index (χ1n) is 9.46. The van der Waals surface area contributed by atoms with Gasteiger partial charge < -0.3 is 14.0 Å². The van der Waals surface area contributed by atoms with Gasteiger partial charge in [-0.2, -0.15) is 13.2 Å². The molecule has 11 heteroatoms. The summed E-state index contributed by atoms with van der Waals surface area (Å²) in [4.78, 5) is 11.7. The van der Waals surface area contributed by atoms with Crippen molar-refractivity contribution >= 4 is 28.2 Å². The van der Waals surface area contributed by atoms with Crippen molar-refractivity contribution in [2.45, 2.75) is 18.9 Å². The Morgan fingerprint density at radius 2 is 1.58 bits per heavy atom. The lowest BCUT2D eigenvalue weighted by Gasteiger charge is -2.08. The molecule has 0 radical (unpaired) electrons. The van der Waals surface area contributed by atoms with Crippen LogP contribution in [0.3, 0.4) is 0 Å². The topological polar surface area (TPSA) is 96.6 Å². The lowest BCUT2D eigenvalue weighted by atomic mass is 10.1. The summed E-state index contributed by atoms with van der Waals surface area (Å²) in [5.74, 6) is 0.232. The minimum absolute atomic E-state index is 0.223. The molecule has 1 aromatic heterocycles. The maximum Gasteiger partial charge on any atom is 0.485 e. The largest absolute Gasteiger partial charge is 0.741 e. The average Bonchev–Trinajstić information content (AvgIpc) is 2.71. The number of hydrogen-bond donors (Lipinski definition) is 0. The molecular weight excluding hydrogens is 463 g/mol. The van der Waals surface area contributed by atoms with Crippen LogP contribution in [0.4, 0.5) is 13.2 Å². The summed E-state index contributed by atoms with van der Waals surface area (Å²) in [6.45, 7) is 6.42. The van der Waals surface area contributed by atoms with E-state index in [1.165, 1.54) is 0 Å². The molecule has 0 bridgehead atoms. The zero-order chi connectivity index (χ0) is 25.1. The van der Waals surface area contributed by atoms with Crippen LogP contribution in [0.15, 0.2) is 60.9 Å². The molecule has 180 valence electrons. The van der Waals surface area contributed by atoms with Gasteiger partial charge in [-0.15, -0.1) is 0 Å². The van der Waals surface area contributed by atoms with Gasteiger partial charge in [-0.25, -0.2) is 13.0 Å². The number of ether oxygens (including phenoxy) is 2. The van der Waals surface area contributed by atoms with Crippen LogP contribution in [0.25, 0.3) is 12.2 Å². The molecule has 0 aliphatic heterocycles. The molecule has 2 aromatic rings. The molecule has 1 heterocycles. The average molecular weight is 487 g/mol. The second-order valence-corrected chi connectivity index (χ2v) is 8.20. The molecule has 0 aliphatic rings. The van der Waals surface area contributed by atoms with Crippen LogP contribution in [-0.4, -0.2) is 37.7 Å². The van der Waals surface area contributed by atoms with E-state index in [2.05, 4.69) is 6.58 Å². The number of benzene rings is 1. The number of aryl methyl sites for hydroxylation is 1. The first-order valence-corrected chi connectivity index (χ1v) is 10.9. The van der Waals surface area contributed by atoms with Crippen molar-refractivity contribution in [1.29, 1.82) is 0 Å². The Morgan fingerprint density at radius 1 is 1.09 bits per heavy atom. The molecule has 0 aliphatic carbocycles. The number of aromatic nitrogens is 1. The third-order valence-electron chi connectivity index (χ3n) is 3.67. The van der Waals surface area contributed by atoms with Crippen molar-refractivity contribution in [1.82, 2.24) is 0 Å². The Bertz CT molecular complexity index is 1050. The lowest BCUT2D eigenvalue weighted by Crippen LogP contribution is -2.25. The van der Waals surface area contributed by atoms with Crippen molar-refractivity contribution in [3.05, 3.63) is 72.1 Å². The van der Waals surface area contributed by atoms with Gasteiger partial charge in [-0.3, -0.25) is 4.79 Å². The van der Waals surface area contributed by atoms with Crippen LogP contribution >= 0.6 is 0 Å². The van der Waals surface area contributed by atoms with Gasteiger partial charge in [0.15, 0.2) is 22.5 Å². The van der Waals surface area contributed by atoms with Crippen LogP contribution in [0.1, 0.15) is 24.5 Å². The van der Waals surface area contributed by atoms with Gasteiger partial charge >= 0.3 is 11.5 Å². The van der Waals surface area contributed by atoms with Crippen LogP contribution in [-0.2, 0) is 26.7 Å². The van der Waals surface area contributed by atoms with Crippen molar-refractivity contribution in [2.24, 2.45) is 7.05 Å². The Balaban J connectivity index is 0.000000582. The monoisotopic (exact) mass is 487 g/mol. The summed E-state index contributed by atoms with van der Waals surface area (Å²) >= 11 is 0. The second kappa shape index (κ2) is 12.9. The fourth-order valence-electron chi connectivity index (χ4n) is 2.05. The molecular formula is C22H24F3NO6S. The van der Waals surface area contributed by atoms with Gasteiger partial charge in [0.2, 0.25) is 0 Å². The molecule has 7 nitrogen and oxygen atoms in total. The van der Waals surface area contributed by atoms with Crippen LogP contribution in [0.2, 0.25) is 0 Å². The predicted molar refractivity (Wildman–Crippen MR) is 115 cm³/mol. The quantitative estimate of drug-likeness (QED) is 0.107. The molecule has 0 saturated heterocycles. The van der Waals surface area contributed by atoms with E-state index in [4.69, 9.17) is 22.4 Å². The van der Waals surface area contributed by atoms with Gasteiger partial charge in [0, 0.05) is 12.1 Å². The Hall–Kier alpha value is -3.02. The number of hydrogen-bond acceptors (Lipinski definition) is 6. The van der Waals surface area contributed by atoms with Crippen LogP contribution in [0.5, 0.6) is 5.75 Å². The number of esters is 1. The predicted octanol–water partition coefficient (Wildman–Crippen LogP) is 3.62. The summed E-state index contributed by atoms with van der Waals surface area (Å²) in [6.07, 6.45) is 8.29. The first-order chi connectivity index (χ1) is 15.3. The normalized spacial score (nSPS) is 11.6. The molecule has 0 amide bonds. The van der Waals surface area contributed by atoms with E-state index in [1.54, 1.807) is 12.1 Å². The van der Waals surface area contributed by atoms with Crippen molar-refractivity contribution in [3.63, 3.8) is 0 Å². The van der Waals surface area contributed by atoms with Gasteiger partial charge in [-0.1, -0.05) is 36.4 Å². The van der Waals surface area contributed by atoms with Gasteiger partial charge in [0.05, 0.1) is 19.6 Å². The summed E-state index contributed by atoms with van der Waals surface area (Å²) < 4.78 is 71.5. The fraction of sp³-hybridized carbons (Fsp3) is 0.273. The number of rotatable bonds is 8. The third kappa shape index (κ3) is 12.0. The maximum absolute atomic E-state index is 11.7. The van der Waals surface area contributed by atoms with Crippen molar-refractivity contribution < 1.29 is 45.0 Å².